The molecule has 1 saturated heterocycles. The van der Waals surface area contributed by atoms with Gasteiger partial charge >= 0.3 is 0 Å². The van der Waals surface area contributed by atoms with E-state index in [-0.39, 0.29) is 0 Å². The van der Waals surface area contributed by atoms with Crippen LogP contribution >= 0.6 is 11.3 Å². The third-order valence-electron chi connectivity index (χ3n) is 6.89. The Kier molecular flexibility index (Phi) is 5.77. The normalized spacial score (nSPS) is 23.1. The van der Waals surface area contributed by atoms with Gasteiger partial charge in [0.2, 0.25) is 0 Å². The summed E-state index contributed by atoms with van der Waals surface area (Å²) in [5.41, 5.74) is 1.56. The summed E-state index contributed by atoms with van der Waals surface area (Å²) < 4.78 is 23.5. The molecule has 0 aromatic carbocycles. The Morgan fingerprint density at radius 1 is 1.14 bits per heavy atom. The fourth-order valence-electron chi connectivity index (χ4n) is 4.81. The number of thiophene rings is 1. The van der Waals surface area contributed by atoms with Crippen LogP contribution < -0.4 is 0 Å². The molecule has 0 spiro atoms. The maximum Gasteiger partial charge on any atom is 0.150 e. The number of aryl methyl sites for hydroxylation is 1. The SMILES string of the molecule is Cc1nc(CN(C)C2CCS(=O)(=O)CC2)c2cc(C3CCC(C)(C)CC3)sc2n1. The lowest BCUT2D eigenvalue weighted by atomic mass is 9.73. The molecule has 0 atom stereocenters. The minimum absolute atomic E-state index is 0.306. The fourth-order valence-corrected chi connectivity index (χ4v) is 7.54. The maximum absolute atomic E-state index is 11.8. The summed E-state index contributed by atoms with van der Waals surface area (Å²) in [6.07, 6.45) is 6.54. The highest BCUT2D eigenvalue weighted by molar-refractivity contribution is 7.91. The first kappa shape index (κ1) is 21.2. The van der Waals surface area contributed by atoms with Crippen LogP contribution in [-0.2, 0) is 16.4 Å². The topological polar surface area (TPSA) is 63.2 Å². The Labute approximate surface area is 178 Å². The number of aromatic nitrogens is 2. The minimum atomic E-state index is -2.83. The van der Waals surface area contributed by atoms with Crippen LogP contribution in [0.4, 0.5) is 0 Å². The van der Waals surface area contributed by atoms with Gasteiger partial charge in [0.1, 0.15) is 20.5 Å². The highest BCUT2D eigenvalue weighted by Gasteiger charge is 2.30. The summed E-state index contributed by atoms with van der Waals surface area (Å²) >= 11 is 1.85. The van der Waals surface area contributed by atoms with Crippen LogP contribution in [-0.4, -0.2) is 47.9 Å². The van der Waals surface area contributed by atoms with Crippen LogP contribution in [0.1, 0.15) is 74.7 Å². The van der Waals surface area contributed by atoms with E-state index >= 15 is 0 Å². The Morgan fingerprint density at radius 3 is 2.45 bits per heavy atom. The predicted octanol–water partition coefficient (Wildman–Crippen LogP) is 4.69. The molecule has 1 saturated carbocycles. The first-order valence-electron chi connectivity index (χ1n) is 10.8. The van der Waals surface area contributed by atoms with Gasteiger partial charge in [-0.3, -0.25) is 4.90 Å². The van der Waals surface area contributed by atoms with Crippen molar-refractivity contribution in [1.82, 2.24) is 14.9 Å². The molecule has 4 rings (SSSR count). The van der Waals surface area contributed by atoms with E-state index in [9.17, 15) is 8.42 Å². The molecular weight excluding hydrogens is 402 g/mol. The molecule has 1 aliphatic carbocycles. The second-order valence-corrected chi connectivity index (χ2v) is 13.2. The van der Waals surface area contributed by atoms with E-state index in [0.29, 0.717) is 28.9 Å². The van der Waals surface area contributed by atoms with Crippen molar-refractivity contribution < 1.29 is 8.42 Å². The first-order chi connectivity index (χ1) is 13.6. The van der Waals surface area contributed by atoms with E-state index < -0.39 is 9.84 Å². The maximum atomic E-state index is 11.8. The van der Waals surface area contributed by atoms with Crippen molar-refractivity contribution in [2.45, 2.75) is 77.8 Å². The van der Waals surface area contributed by atoms with Gasteiger partial charge in [0.15, 0.2) is 0 Å². The second kappa shape index (κ2) is 7.89. The molecule has 2 aromatic heterocycles. The van der Waals surface area contributed by atoms with Gasteiger partial charge in [-0.15, -0.1) is 11.3 Å². The van der Waals surface area contributed by atoms with E-state index in [1.807, 2.05) is 18.3 Å². The van der Waals surface area contributed by atoms with Crippen LogP contribution in [0.5, 0.6) is 0 Å². The third-order valence-corrected chi connectivity index (χ3v) is 9.80. The summed E-state index contributed by atoms with van der Waals surface area (Å²) in [7, 11) is -0.732. The van der Waals surface area contributed by atoms with Gasteiger partial charge in [-0.05, 0) is 69.9 Å². The van der Waals surface area contributed by atoms with E-state index in [1.165, 1.54) is 35.9 Å². The largest absolute Gasteiger partial charge is 0.298 e. The summed E-state index contributed by atoms with van der Waals surface area (Å²) in [5, 5.41) is 1.19. The fraction of sp³-hybridized carbons (Fsp3) is 0.727. The highest BCUT2D eigenvalue weighted by atomic mass is 32.2. The monoisotopic (exact) mass is 435 g/mol. The molecule has 29 heavy (non-hydrogen) atoms. The summed E-state index contributed by atoms with van der Waals surface area (Å²) in [4.78, 5) is 14.4. The molecule has 0 N–H and O–H groups in total. The Bertz CT molecular complexity index is 973. The Morgan fingerprint density at radius 2 is 1.79 bits per heavy atom. The minimum Gasteiger partial charge on any atom is -0.298 e. The zero-order valence-electron chi connectivity index (χ0n) is 18.1. The van der Waals surface area contributed by atoms with Crippen molar-refractivity contribution in [2.24, 2.45) is 5.41 Å². The number of sulfone groups is 1. The molecule has 0 unspecified atom stereocenters. The lowest BCUT2D eigenvalue weighted by Gasteiger charge is -2.33. The van der Waals surface area contributed by atoms with Gasteiger partial charge in [0.05, 0.1) is 17.2 Å². The molecule has 1 aliphatic heterocycles. The number of hydrogen-bond acceptors (Lipinski definition) is 6. The number of fused-ring (bicyclic) bond motifs is 1. The quantitative estimate of drug-likeness (QED) is 0.697. The number of rotatable bonds is 4. The molecule has 160 valence electrons. The van der Waals surface area contributed by atoms with E-state index in [4.69, 9.17) is 9.97 Å². The lowest BCUT2D eigenvalue weighted by molar-refractivity contribution is 0.217. The van der Waals surface area contributed by atoms with Gasteiger partial charge in [0.25, 0.3) is 0 Å². The zero-order valence-corrected chi connectivity index (χ0v) is 19.7. The van der Waals surface area contributed by atoms with Gasteiger partial charge in [-0.25, -0.2) is 18.4 Å². The smallest absolute Gasteiger partial charge is 0.150 e. The number of hydrogen-bond donors (Lipinski definition) is 0. The van der Waals surface area contributed by atoms with Crippen molar-refractivity contribution in [1.29, 1.82) is 0 Å². The molecule has 2 fully saturated rings. The average Bonchev–Trinajstić information content (AvgIpc) is 3.05. The van der Waals surface area contributed by atoms with E-state index in [2.05, 4.69) is 31.9 Å². The average molecular weight is 436 g/mol. The van der Waals surface area contributed by atoms with Crippen molar-refractivity contribution in [3.8, 4) is 0 Å². The molecule has 3 heterocycles. The van der Waals surface area contributed by atoms with E-state index in [1.54, 1.807) is 0 Å². The van der Waals surface area contributed by atoms with Crippen LogP contribution in [0.2, 0.25) is 0 Å². The summed E-state index contributed by atoms with van der Waals surface area (Å²) in [6.45, 7) is 7.48. The highest BCUT2D eigenvalue weighted by Crippen LogP contribution is 2.45. The predicted molar refractivity (Wildman–Crippen MR) is 120 cm³/mol. The Balaban J connectivity index is 1.54. The molecule has 0 radical (unpaired) electrons. The molecule has 5 nitrogen and oxygen atoms in total. The van der Waals surface area contributed by atoms with Crippen molar-refractivity contribution in [3.63, 3.8) is 0 Å². The summed E-state index contributed by atoms with van der Waals surface area (Å²) in [6, 6.07) is 2.65. The van der Waals surface area contributed by atoms with Crippen LogP contribution in [0.25, 0.3) is 10.2 Å². The first-order valence-corrected chi connectivity index (χ1v) is 13.4. The van der Waals surface area contributed by atoms with Crippen LogP contribution in [0.15, 0.2) is 6.07 Å². The molecule has 7 heteroatoms. The zero-order chi connectivity index (χ0) is 20.8. The molecule has 0 bridgehead atoms. The van der Waals surface area contributed by atoms with Gasteiger partial charge in [-0.2, -0.15) is 0 Å². The third kappa shape index (κ3) is 4.83. The van der Waals surface area contributed by atoms with Crippen LogP contribution in [0.3, 0.4) is 0 Å². The standard InChI is InChI=1S/C22H33N3O2S2/c1-15-23-19(14-25(4)17-7-11-29(26,27)12-8-17)18-13-20(28-21(18)24-15)16-5-9-22(2,3)10-6-16/h13,16-17H,5-12,14H2,1-4H3. The van der Waals surface area contributed by atoms with Crippen molar-refractivity contribution >= 4 is 31.4 Å². The number of nitrogens with zero attached hydrogens (tertiary/aromatic N) is 3. The molecule has 0 amide bonds. The van der Waals surface area contributed by atoms with Gasteiger partial charge < -0.3 is 0 Å². The Hall–Kier alpha value is -1.05. The lowest BCUT2D eigenvalue weighted by Crippen LogP contribution is -2.38. The molecule has 2 aromatic rings. The van der Waals surface area contributed by atoms with Gasteiger partial charge in [0, 0.05) is 22.8 Å². The second-order valence-electron chi connectivity index (χ2n) is 9.82. The van der Waals surface area contributed by atoms with Crippen LogP contribution in [0, 0.1) is 12.3 Å². The van der Waals surface area contributed by atoms with Gasteiger partial charge in [-0.1, -0.05) is 13.8 Å². The van der Waals surface area contributed by atoms with E-state index in [0.717, 1.165) is 35.7 Å². The van der Waals surface area contributed by atoms with Crippen molar-refractivity contribution in [3.05, 3.63) is 22.5 Å². The molecular formula is C22H33N3O2S2. The molecule has 2 aliphatic rings. The van der Waals surface area contributed by atoms with Crippen molar-refractivity contribution in [2.75, 3.05) is 18.6 Å². The summed E-state index contributed by atoms with van der Waals surface area (Å²) in [5.74, 6) is 2.09.